The third kappa shape index (κ3) is 4.09. The van der Waals surface area contributed by atoms with E-state index in [4.69, 9.17) is 11.5 Å². The third-order valence-corrected chi connectivity index (χ3v) is 4.09. The van der Waals surface area contributed by atoms with Crippen molar-refractivity contribution in [3.8, 4) is 10.6 Å². The van der Waals surface area contributed by atoms with Crippen LogP contribution in [0.25, 0.3) is 10.6 Å². The van der Waals surface area contributed by atoms with Crippen LogP contribution in [0.4, 0.5) is 5.82 Å². The Morgan fingerprint density at radius 2 is 2.18 bits per heavy atom. The largest absolute Gasteiger partial charge is 0.330 e. The molecule has 0 saturated heterocycles. The molecule has 0 spiro atoms. The molecular formula is C15H21N5OS. The van der Waals surface area contributed by atoms with Gasteiger partial charge < -0.3 is 16.8 Å². The van der Waals surface area contributed by atoms with Gasteiger partial charge in [0.15, 0.2) is 0 Å². The number of rotatable bonds is 6. The van der Waals surface area contributed by atoms with Crippen molar-refractivity contribution in [2.45, 2.75) is 32.2 Å². The minimum absolute atomic E-state index is 0.268. The Kier molecular flexibility index (Phi) is 5.59. The van der Waals surface area contributed by atoms with Crippen LogP contribution in [-0.4, -0.2) is 28.5 Å². The van der Waals surface area contributed by atoms with Gasteiger partial charge in [0.25, 0.3) is 0 Å². The van der Waals surface area contributed by atoms with Crippen LogP contribution in [-0.2, 0) is 4.79 Å². The van der Waals surface area contributed by atoms with Crippen LogP contribution in [0.15, 0.2) is 23.7 Å². The highest BCUT2D eigenvalue weighted by Gasteiger charge is 2.14. The molecule has 0 unspecified atom stereocenters. The van der Waals surface area contributed by atoms with Crippen molar-refractivity contribution in [1.29, 1.82) is 0 Å². The maximum absolute atomic E-state index is 11.8. The predicted octanol–water partition coefficient (Wildman–Crippen LogP) is 1.94. The lowest BCUT2D eigenvalue weighted by Crippen LogP contribution is -2.37. The van der Waals surface area contributed by atoms with E-state index in [1.807, 2.05) is 12.1 Å². The first-order chi connectivity index (χ1) is 10.5. The highest BCUT2D eigenvalue weighted by atomic mass is 32.1. The number of carbonyl (C=O) groups is 1. The second-order valence-corrected chi connectivity index (χ2v) is 6.20. The average molecular weight is 319 g/mol. The first kappa shape index (κ1) is 16.5. The van der Waals surface area contributed by atoms with Gasteiger partial charge in [-0.25, -0.2) is 4.98 Å². The number of nitrogens with zero attached hydrogens (tertiary/aromatic N) is 2. The molecule has 0 aliphatic heterocycles. The Morgan fingerprint density at radius 1 is 1.41 bits per heavy atom. The number of hydrogen-bond acceptors (Lipinski definition) is 6. The van der Waals surface area contributed by atoms with E-state index < -0.39 is 6.04 Å². The zero-order chi connectivity index (χ0) is 16.1. The van der Waals surface area contributed by atoms with Crippen LogP contribution in [0.1, 0.15) is 31.9 Å². The molecule has 2 rings (SSSR count). The lowest BCUT2D eigenvalue weighted by atomic mass is 10.1. The standard InChI is InChI=1S/C15H21N5OS/c1-9(2)12-4-3-10(7-18-12)15-20-13(8-22-15)19-14(21)11(17)5-6-16/h3-4,7-9,11H,5-6,16-17H2,1-2H3,(H,19,21)/t11-/m0/s1. The van der Waals surface area contributed by atoms with Crippen molar-refractivity contribution in [3.05, 3.63) is 29.4 Å². The Balaban J connectivity index is 2.06. The first-order valence-corrected chi connectivity index (χ1v) is 8.07. The maximum atomic E-state index is 11.8. The van der Waals surface area contributed by atoms with Gasteiger partial charge in [-0.1, -0.05) is 13.8 Å². The molecule has 6 nitrogen and oxygen atoms in total. The van der Waals surface area contributed by atoms with E-state index in [9.17, 15) is 4.79 Å². The van der Waals surface area contributed by atoms with Gasteiger partial charge in [-0.05, 0) is 31.0 Å². The minimum Gasteiger partial charge on any atom is -0.330 e. The normalized spacial score (nSPS) is 12.4. The molecule has 0 radical (unpaired) electrons. The summed E-state index contributed by atoms with van der Waals surface area (Å²) >= 11 is 1.45. The summed E-state index contributed by atoms with van der Waals surface area (Å²) in [7, 11) is 0. The lowest BCUT2D eigenvalue weighted by molar-refractivity contribution is -0.117. The van der Waals surface area contributed by atoms with E-state index in [1.165, 1.54) is 11.3 Å². The molecule has 5 N–H and O–H groups in total. The summed E-state index contributed by atoms with van der Waals surface area (Å²) in [5, 5.41) is 5.31. The number of hydrogen-bond donors (Lipinski definition) is 3. The van der Waals surface area contributed by atoms with Crippen LogP contribution < -0.4 is 16.8 Å². The van der Waals surface area contributed by atoms with Gasteiger partial charge in [-0.2, -0.15) is 0 Å². The zero-order valence-corrected chi connectivity index (χ0v) is 13.6. The van der Waals surface area contributed by atoms with E-state index in [2.05, 4.69) is 29.1 Å². The summed E-state index contributed by atoms with van der Waals surface area (Å²) in [6, 6.07) is 3.38. The zero-order valence-electron chi connectivity index (χ0n) is 12.7. The number of anilines is 1. The fourth-order valence-electron chi connectivity index (χ4n) is 1.87. The fraction of sp³-hybridized carbons (Fsp3) is 0.400. The van der Waals surface area contributed by atoms with Crippen LogP contribution in [0, 0.1) is 0 Å². The topological polar surface area (TPSA) is 107 Å². The van der Waals surface area contributed by atoms with Crippen molar-refractivity contribution >= 4 is 23.1 Å². The van der Waals surface area contributed by atoms with Gasteiger partial charge in [-0.3, -0.25) is 9.78 Å². The average Bonchev–Trinajstić information content (AvgIpc) is 2.96. The fourth-order valence-corrected chi connectivity index (χ4v) is 2.61. The molecule has 2 aromatic rings. The summed E-state index contributed by atoms with van der Waals surface area (Å²) in [6.45, 7) is 4.58. The molecule has 2 aromatic heterocycles. The van der Waals surface area contributed by atoms with Crippen molar-refractivity contribution in [2.24, 2.45) is 11.5 Å². The molecule has 0 saturated carbocycles. The Hall–Kier alpha value is -1.83. The van der Waals surface area contributed by atoms with Crippen molar-refractivity contribution in [1.82, 2.24) is 9.97 Å². The predicted molar refractivity (Wildman–Crippen MR) is 89.7 cm³/mol. The molecule has 0 bridgehead atoms. The number of carbonyl (C=O) groups excluding carboxylic acids is 1. The van der Waals surface area contributed by atoms with Crippen LogP contribution in [0.3, 0.4) is 0 Å². The molecule has 0 fully saturated rings. The van der Waals surface area contributed by atoms with Crippen molar-refractivity contribution < 1.29 is 4.79 Å². The molecule has 0 aromatic carbocycles. The monoisotopic (exact) mass is 319 g/mol. The SMILES string of the molecule is CC(C)c1ccc(-c2nc(NC(=O)[C@@H](N)CCN)cs2)cn1. The number of pyridine rings is 1. The molecule has 7 heteroatoms. The van der Waals surface area contributed by atoms with Gasteiger partial charge in [0.1, 0.15) is 10.8 Å². The summed E-state index contributed by atoms with van der Waals surface area (Å²) in [4.78, 5) is 20.6. The van der Waals surface area contributed by atoms with E-state index >= 15 is 0 Å². The molecule has 0 aliphatic rings. The Labute approximate surface area is 134 Å². The van der Waals surface area contributed by atoms with Crippen LogP contribution in [0.5, 0.6) is 0 Å². The van der Waals surface area contributed by atoms with Gasteiger partial charge in [0.05, 0.1) is 6.04 Å². The number of amides is 1. The number of thiazole rings is 1. The van der Waals surface area contributed by atoms with Gasteiger partial charge >= 0.3 is 0 Å². The summed E-state index contributed by atoms with van der Waals surface area (Å²) in [5.41, 5.74) is 13.1. The molecule has 118 valence electrons. The summed E-state index contributed by atoms with van der Waals surface area (Å²) in [5.74, 6) is 0.630. The molecule has 1 amide bonds. The third-order valence-electron chi connectivity index (χ3n) is 3.19. The molecule has 2 heterocycles. The maximum Gasteiger partial charge on any atom is 0.242 e. The second kappa shape index (κ2) is 7.44. The number of aromatic nitrogens is 2. The van der Waals surface area contributed by atoms with E-state index in [0.29, 0.717) is 24.7 Å². The van der Waals surface area contributed by atoms with Gasteiger partial charge in [-0.15, -0.1) is 11.3 Å². The number of nitrogens with two attached hydrogens (primary N) is 2. The smallest absolute Gasteiger partial charge is 0.242 e. The van der Waals surface area contributed by atoms with Crippen LogP contribution in [0.2, 0.25) is 0 Å². The highest BCUT2D eigenvalue weighted by Crippen LogP contribution is 2.26. The highest BCUT2D eigenvalue weighted by molar-refractivity contribution is 7.13. The number of nitrogens with one attached hydrogen (secondary N) is 1. The van der Waals surface area contributed by atoms with Crippen molar-refractivity contribution in [2.75, 3.05) is 11.9 Å². The molecule has 0 aliphatic carbocycles. The second-order valence-electron chi connectivity index (χ2n) is 5.34. The molecule has 22 heavy (non-hydrogen) atoms. The Morgan fingerprint density at radius 3 is 2.77 bits per heavy atom. The van der Waals surface area contributed by atoms with E-state index in [-0.39, 0.29) is 5.91 Å². The Bertz CT molecular complexity index is 623. The summed E-state index contributed by atoms with van der Waals surface area (Å²) in [6.07, 6.45) is 2.25. The first-order valence-electron chi connectivity index (χ1n) is 7.19. The summed E-state index contributed by atoms with van der Waals surface area (Å²) < 4.78 is 0. The molecular weight excluding hydrogens is 298 g/mol. The van der Waals surface area contributed by atoms with Crippen molar-refractivity contribution in [3.63, 3.8) is 0 Å². The lowest BCUT2D eigenvalue weighted by Gasteiger charge is -2.08. The minimum atomic E-state index is -0.609. The van der Waals surface area contributed by atoms with Crippen LogP contribution >= 0.6 is 11.3 Å². The van der Waals surface area contributed by atoms with Gasteiger partial charge in [0.2, 0.25) is 5.91 Å². The van der Waals surface area contributed by atoms with E-state index in [0.717, 1.165) is 16.3 Å². The molecule has 1 atom stereocenters. The van der Waals surface area contributed by atoms with E-state index in [1.54, 1.807) is 11.6 Å². The quantitative estimate of drug-likeness (QED) is 0.754. The van der Waals surface area contributed by atoms with Gasteiger partial charge in [0, 0.05) is 22.8 Å².